The number of hydrogen-bond acceptors (Lipinski definition) is 3. The van der Waals surface area contributed by atoms with Gasteiger partial charge in [-0.25, -0.2) is 9.97 Å². The van der Waals surface area contributed by atoms with E-state index in [2.05, 4.69) is 29.9 Å². The predicted molar refractivity (Wildman–Crippen MR) is 56.1 cm³/mol. The standard InChI is InChI=1S/C11H17N3/c1-8(2)9-5-10(14-7-13-9)11(6-12)3-4-11/h5,7-8H,3-4,6,12H2,1-2H3. The Kier molecular flexibility index (Phi) is 2.27. The molecule has 0 bridgehead atoms. The normalized spacial score (nSPS) is 18.6. The number of aromatic nitrogens is 2. The van der Waals surface area contributed by atoms with Crippen LogP contribution in [0.1, 0.15) is 44.0 Å². The van der Waals surface area contributed by atoms with E-state index < -0.39 is 0 Å². The molecule has 0 amide bonds. The molecule has 1 heterocycles. The predicted octanol–water partition coefficient (Wildman–Crippen LogP) is 1.59. The van der Waals surface area contributed by atoms with Crippen LogP contribution in [0.25, 0.3) is 0 Å². The van der Waals surface area contributed by atoms with E-state index in [-0.39, 0.29) is 5.41 Å². The van der Waals surface area contributed by atoms with Crippen LogP contribution in [-0.2, 0) is 5.41 Å². The Morgan fingerprint density at radius 1 is 1.43 bits per heavy atom. The Balaban J connectivity index is 2.31. The summed E-state index contributed by atoms with van der Waals surface area (Å²) < 4.78 is 0. The molecule has 1 aliphatic carbocycles. The summed E-state index contributed by atoms with van der Waals surface area (Å²) in [5.41, 5.74) is 8.21. The van der Waals surface area contributed by atoms with Crippen LogP contribution >= 0.6 is 0 Å². The smallest absolute Gasteiger partial charge is 0.115 e. The molecule has 1 fully saturated rings. The van der Waals surface area contributed by atoms with Crippen molar-refractivity contribution >= 4 is 0 Å². The molecule has 3 heteroatoms. The number of nitrogens with two attached hydrogens (primary N) is 1. The fourth-order valence-electron chi connectivity index (χ4n) is 1.69. The fourth-order valence-corrected chi connectivity index (χ4v) is 1.69. The van der Waals surface area contributed by atoms with E-state index >= 15 is 0 Å². The molecule has 2 N–H and O–H groups in total. The first kappa shape index (κ1) is 9.59. The molecule has 1 aromatic rings. The summed E-state index contributed by atoms with van der Waals surface area (Å²) in [5.74, 6) is 0.463. The summed E-state index contributed by atoms with van der Waals surface area (Å²) in [6.45, 7) is 5.00. The van der Waals surface area contributed by atoms with Gasteiger partial charge in [0.15, 0.2) is 0 Å². The Bertz CT molecular complexity index is 329. The first-order chi connectivity index (χ1) is 6.68. The maximum Gasteiger partial charge on any atom is 0.115 e. The maximum atomic E-state index is 5.77. The molecule has 0 aliphatic heterocycles. The lowest BCUT2D eigenvalue weighted by Crippen LogP contribution is -2.21. The quantitative estimate of drug-likeness (QED) is 0.789. The third kappa shape index (κ3) is 1.52. The molecule has 14 heavy (non-hydrogen) atoms. The first-order valence-electron chi connectivity index (χ1n) is 5.20. The summed E-state index contributed by atoms with van der Waals surface area (Å²) in [6, 6.07) is 2.12. The topological polar surface area (TPSA) is 51.8 Å². The van der Waals surface area contributed by atoms with E-state index in [4.69, 9.17) is 5.73 Å². The van der Waals surface area contributed by atoms with Crippen LogP contribution in [0.2, 0.25) is 0 Å². The maximum absolute atomic E-state index is 5.77. The van der Waals surface area contributed by atoms with Crippen LogP contribution in [0.5, 0.6) is 0 Å². The Morgan fingerprint density at radius 2 is 2.14 bits per heavy atom. The van der Waals surface area contributed by atoms with Gasteiger partial charge >= 0.3 is 0 Å². The van der Waals surface area contributed by atoms with Crippen molar-refractivity contribution in [2.45, 2.75) is 38.0 Å². The highest BCUT2D eigenvalue weighted by molar-refractivity contribution is 5.27. The molecule has 1 aromatic heterocycles. The van der Waals surface area contributed by atoms with E-state index in [1.165, 1.54) is 12.8 Å². The second-order valence-electron chi connectivity index (χ2n) is 4.47. The zero-order valence-corrected chi connectivity index (χ0v) is 8.83. The lowest BCUT2D eigenvalue weighted by molar-refractivity contribution is 0.666. The molecule has 0 unspecified atom stereocenters. The molecule has 1 aliphatic rings. The zero-order chi connectivity index (χ0) is 10.2. The molecule has 0 saturated heterocycles. The van der Waals surface area contributed by atoms with Crippen LogP contribution in [0, 0.1) is 0 Å². The molecule has 0 spiro atoms. The average Bonchev–Trinajstić information content (AvgIpc) is 2.98. The van der Waals surface area contributed by atoms with Gasteiger partial charge in [0.1, 0.15) is 6.33 Å². The largest absolute Gasteiger partial charge is 0.330 e. The summed E-state index contributed by atoms with van der Waals surface area (Å²) >= 11 is 0. The van der Waals surface area contributed by atoms with Gasteiger partial charge in [-0.1, -0.05) is 13.8 Å². The Hall–Kier alpha value is -0.960. The van der Waals surface area contributed by atoms with E-state index in [1.807, 2.05) is 0 Å². The van der Waals surface area contributed by atoms with Crippen LogP contribution < -0.4 is 5.73 Å². The van der Waals surface area contributed by atoms with Crippen LogP contribution in [0.15, 0.2) is 12.4 Å². The van der Waals surface area contributed by atoms with Gasteiger partial charge in [-0.05, 0) is 24.8 Å². The number of nitrogens with zero attached hydrogens (tertiary/aromatic N) is 2. The van der Waals surface area contributed by atoms with Crippen molar-refractivity contribution in [2.75, 3.05) is 6.54 Å². The van der Waals surface area contributed by atoms with Gasteiger partial charge in [0, 0.05) is 17.7 Å². The first-order valence-corrected chi connectivity index (χ1v) is 5.20. The van der Waals surface area contributed by atoms with Gasteiger partial charge in [-0.2, -0.15) is 0 Å². The molecule has 2 rings (SSSR count). The van der Waals surface area contributed by atoms with Gasteiger partial charge in [-0.15, -0.1) is 0 Å². The van der Waals surface area contributed by atoms with Crippen LogP contribution in [0.4, 0.5) is 0 Å². The average molecular weight is 191 g/mol. The van der Waals surface area contributed by atoms with Gasteiger partial charge < -0.3 is 5.73 Å². The lowest BCUT2D eigenvalue weighted by Gasteiger charge is -2.13. The highest BCUT2D eigenvalue weighted by atomic mass is 14.9. The third-order valence-electron chi connectivity index (χ3n) is 3.07. The monoisotopic (exact) mass is 191 g/mol. The van der Waals surface area contributed by atoms with E-state index in [9.17, 15) is 0 Å². The van der Waals surface area contributed by atoms with Crippen molar-refractivity contribution in [2.24, 2.45) is 5.73 Å². The molecule has 3 nitrogen and oxygen atoms in total. The minimum absolute atomic E-state index is 0.187. The molecule has 0 atom stereocenters. The Labute approximate surface area is 84.8 Å². The second kappa shape index (κ2) is 3.31. The van der Waals surface area contributed by atoms with Gasteiger partial charge in [0.05, 0.1) is 5.69 Å². The van der Waals surface area contributed by atoms with Crippen molar-refractivity contribution in [1.29, 1.82) is 0 Å². The highest BCUT2D eigenvalue weighted by Gasteiger charge is 2.44. The molecule has 0 aromatic carbocycles. The highest BCUT2D eigenvalue weighted by Crippen LogP contribution is 2.46. The van der Waals surface area contributed by atoms with Crippen molar-refractivity contribution in [3.05, 3.63) is 23.8 Å². The molecular formula is C11H17N3. The lowest BCUT2D eigenvalue weighted by atomic mass is 10.00. The summed E-state index contributed by atoms with van der Waals surface area (Å²) in [7, 11) is 0. The SMILES string of the molecule is CC(C)c1cc(C2(CN)CC2)ncn1. The van der Waals surface area contributed by atoms with E-state index in [1.54, 1.807) is 6.33 Å². The summed E-state index contributed by atoms with van der Waals surface area (Å²) in [4.78, 5) is 8.60. The molecule has 1 saturated carbocycles. The molecule has 76 valence electrons. The van der Waals surface area contributed by atoms with E-state index in [0.717, 1.165) is 11.4 Å². The number of rotatable bonds is 3. The summed E-state index contributed by atoms with van der Waals surface area (Å²) in [5, 5.41) is 0. The zero-order valence-electron chi connectivity index (χ0n) is 8.83. The van der Waals surface area contributed by atoms with Crippen LogP contribution in [-0.4, -0.2) is 16.5 Å². The number of hydrogen-bond donors (Lipinski definition) is 1. The molecular weight excluding hydrogens is 174 g/mol. The van der Waals surface area contributed by atoms with E-state index in [0.29, 0.717) is 12.5 Å². The second-order valence-corrected chi connectivity index (χ2v) is 4.47. The van der Waals surface area contributed by atoms with Crippen molar-refractivity contribution in [3.8, 4) is 0 Å². The summed E-state index contributed by atoms with van der Waals surface area (Å²) in [6.07, 6.45) is 4.02. The molecule has 0 radical (unpaired) electrons. The third-order valence-corrected chi connectivity index (χ3v) is 3.07. The fraction of sp³-hybridized carbons (Fsp3) is 0.636. The van der Waals surface area contributed by atoms with Gasteiger partial charge in [-0.3, -0.25) is 0 Å². The van der Waals surface area contributed by atoms with Crippen molar-refractivity contribution in [3.63, 3.8) is 0 Å². The van der Waals surface area contributed by atoms with Gasteiger partial charge in [0.25, 0.3) is 0 Å². The van der Waals surface area contributed by atoms with Gasteiger partial charge in [0.2, 0.25) is 0 Å². The minimum Gasteiger partial charge on any atom is -0.330 e. The Morgan fingerprint density at radius 3 is 2.64 bits per heavy atom. The van der Waals surface area contributed by atoms with Crippen molar-refractivity contribution in [1.82, 2.24) is 9.97 Å². The minimum atomic E-state index is 0.187. The van der Waals surface area contributed by atoms with Crippen molar-refractivity contribution < 1.29 is 0 Å². The van der Waals surface area contributed by atoms with Crippen LogP contribution in [0.3, 0.4) is 0 Å².